The largest absolute Gasteiger partial charge is 0.461 e. The highest BCUT2D eigenvalue weighted by Gasteiger charge is 2.18. The molecule has 1 aromatic carbocycles. The number of hydrogen-bond acceptors (Lipinski definition) is 6. The summed E-state index contributed by atoms with van der Waals surface area (Å²) in [6.45, 7) is 4.76. The molecule has 0 aliphatic rings. The van der Waals surface area contributed by atoms with Crippen molar-refractivity contribution in [3.63, 3.8) is 0 Å². The summed E-state index contributed by atoms with van der Waals surface area (Å²) in [4.78, 5) is 16.6. The van der Waals surface area contributed by atoms with Crippen molar-refractivity contribution in [2.24, 2.45) is 0 Å². The molecule has 0 aliphatic carbocycles. The fourth-order valence-electron chi connectivity index (χ4n) is 2.50. The topological polar surface area (TPSA) is 82.2 Å². The van der Waals surface area contributed by atoms with Gasteiger partial charge in [-0.05, 0) is 29.2 Å². The summed E-state index contributed by atoms with van der Waals surface area (Å²) in [7, 11) is 1.46. The van der Waals surface area contributed by atoms with Crippen molar-refractivity contribution in [2.45, 2.75) is 26.3 Å². The van der Waals surface area contributed by atoms with Gasteiger partial charge in [-0.25, -0.2) is 0 Å². The predicted octanol–water partition coefficient (Wildman–Crippen LogP) is 3.56. The zero-order valence-electron chi connectivity index (χ0n) is 15.1. The van der Waals surface area contributed by atoms with Gasteiger partial charge in [-0.2, -0.15) is 9.67 Å². The lowest BCUT2D eigenvalue weighted by Crippen LogP contribution is -2.20. The molecule has 7 nitrogen and oxygen atoms in total. The van der Waals surface area contributed by atoms with E-state index in [4.69, 9.17) is 9.15 Å². The first-order valence-electron chi connectivity index (χ1n) is 8.44. The van der Waals surface area contributed by atoms with E-state index >= 15 is 0 Å². The maximum atomic E-state index is 12.2. The smallest absolute Gasteiger partial charge is 0.276 e. The molecule has 26 heavy (non-hydrogen) atoms. The molecule has 3 rings (SSSR count). The standard InChI is InChI=1S/C19H22N4O3/c1-13(2)15-8-6-14(7-9-15)11-20-19-21-18(16-5-4-10-26-16)22-23(19)17(24)12-25-3/h4-10,13H,11-12H2,1-3H3,(H,20,21,22). The highest BCUT2D eigenvalue weighted by atomic mass is 16.5. The van der Waals surface area contributed by atoms with Gasteiger partial charge < -0.3 is 14.5 Å². The number of benzene rings is 1. The van der Waals surface area contributed by atoms with Crippen molar-refractivity contribution in [3.8, 4) is 11.6 Å². The van der Waals surface area contributed by atoms with E-state index in [1.54, 1.807) is 12.1 Å². The van der Waals surface area contributed by atoms with E-state index in [9.17, 15) is 4.79 Å². The van der Waals surface area contributed by atoms with E-state index in [2.05, 4.69) is 53.5 Å². The highest BCUT2D eigenvalue weighted by Crippen LogP contribution is 2.19. The number of hydrogen-bond donors (Lipinski definition) is 1. The highest BCUT2D eigenvalue weighted by molar-refractivity contribution is 5.82. The fraction of sp³-hybridized carbons (Fsp3) is 0.316. The minimum atomic E-state index is -0.310. The molecule has 3 aromatic rings. The third kappa shape index (κ3) is 4.00. The van der Waals surface area contributed by atoms with E-state index in [1.807, 2.05) is 0 Å². The molecule has 1 N–H and O–H groups in total. The molecular formula is C19H22N4O3. The van der Waals surface area contributed by atoms with Gasteiger partial charge in [0.1, 0.15) is 6.61 Å². The van der Waals surface area contributed by atoms with Crippen LogP contribution in [0.3, 0.4) is 0 Å². The fourth-order valence-corrected chi connectivity index (χ4v) is 2.50. The zero-order valence-corrected chi connectivity index (χ0v) is 15.1. The summed E-state index contributed by atoms with van der Waals surface area (Å²) in [5.74, 6) is 1.37. The Balaban J connectivity index is 1.80. The average Bonchev–Trinajstić information content (AvgIpc) is 3.30. The van der Waals surface area contributed by atoms with Gasteiger partial charge in [0, 0.05) is 13.7 Å². The summed E-state index contributed by atoms with van der Waals surface area (Å²) in [6, 6.07) is 11.8. The Morgan fingerprint density at radius 2 is 2.04 bits per heavy atom. The number of rotatable bonds is 7. The van der Waals surface area contributed by atoms with Gasteiger partial charge in [-0.15, -0.1) is 5.10 Å². The minimum Gasteiger partial charge on any atom is -0.461 e. The molecule has 0 bridgehead atoms. The van der Waals surface area contributed by atoms with Crippen LogP contribution in [-0.2, 0) is 11.3 Å². The molecule has 0 unspecified atom stereocenters. The lowest BCUT2D eigenvalue weighted by Gasteiger charge is -2.09. The molecule has 0 saturated carbocycles. The van der Waals surface area contributed by atoms with Crippen molar-refractivity contribution < 1.29 is 13.9 Å². The van der Waals surface area contributed by atoms with Gasteiger partial charge in [0.15, 0.2) is 5.76 Å². The molecule has 0 amide bonds. The van der Waals surface area contributed by atoms with Crippen LogP contribution >= 0.6 is 0 Å². The molecule has 0 aliphatic heterocycles. The summed E-state index contributed by atoms with van der Waals surface area (Å²) >= 11 is 0. The number of aromatic nitrogens is 3. The van der Waals surface area contributed by atoms with Crippen LogP contribution in [0.2, 0.25) is 0 Å². The quantitative estimate of drug-likeness (QED) is 0.698. The number of ether oxygens (including phenoxy) is 1. The van der Waals surface area contributed by atoms with Crippen LogP contribution in [-0.4, -0.2) is 34.4 Å². The lowest BCUT2D eigenvalue weighted by molar-refractivity contribution is 0.0748. The first-order chi connectivity index (χ1) is 12.6. The Morgan fingerprint density at radius 3 is 2.65 bits per heavy atom. The van der Waals surface area contributed by atoms with Crippen molar-refractivity contribution in [1.82, 2.24) is 14.8 Å². The van der Waals surface area contributed by atoms with Crippen LogP contribution in [0.25, 0.3) is 11.6 Å². The van der Waals surface area contributed by atoms with Crippen LogP contribution in [0.1, 0.15) is 35.7 Å². The second-order valence-electron chi connectivity index (χ2n) is 6.22. The molecule has 0 fully saturated rings. The Labute approximate surface area is 152 Å². The molecule has 136 valence electrons. The molecule has 2 heterocycles. The van der Waals surface area contributed by atoms with Crippen molar-refractivity contribution >= 4 is 11.9 Å². The third-order valence-corrected chi connectivity index (χ3v) is 3.95. The van der Waals surface area contributed by atoms with Gasteiger partial charge in [0.2, 0.25) is 11.8 Å². The van der Waals surface area contributed by atoms with E-state index in [0.29, 0.717) is 30.0 Å². The maximum Gasteiger partial charge on any atom is 0.276 e. The third-order valence-electron chi connectivity index (χ3n) is 3.95. The summed E-state index contributed by atoms with van der Waals surface area (Å²) < 4.78 is 11.5. The molecule has 0 saturated heterocycles. The van der Waals surface area contributed by atoms with Gasteiger partial charge >= 0.3 is 0 Å². The molecule has 0 spiro atoms. The van der Waals surface area contributed by atoms with Gasteiger partial charge in [-0.1, -0.05) is 38.1 Å². The number of nitrogens with zero attached hydrogens (tertiary/aromatic N) is 3. The van der Waals surface area contributed by atoms with Crippen molar-refractivity contribution in [3.05, 3.63) is 53.8 Å². The van der Waals surface area contributed by atoms with E-state index < -0.39 is 0 Å². The monoisotopic (exact) mass is 354 g/mol. The molecule has 0 atom stereocenters. The maximum absolute atomic E-state index is 12.2. The summed E-state index contributed by atoms with van der Waals surface area (Å²) in [5.41, 5.74) is 2.37. The van der Waals surface area contributed by atoms with E-state index in [-0.39, 0.29) is 12.5 Å². The van der Waals surface area contributed by atoms with E-state index in [1.165, 1.54) is 23.6 Å². The van der Waals surface area contributed by atoms with E-state index in [0.717, 1.165) is 5.56 Å². The number of nitrogens with one attached hydrogen (secondary N) is 1. The Kier molecular flexibility index (Phi) is 5.48. The Hall–Kier alpha value is -2.93. The molecular weight excluding hydrogens is 332 g/mol. The van der Waals surface area contributed by atoms with Crippen LogP contribution in [0.4, 0.5) is 5.95 Å². The van der Waals surface area contributed by atoms with Crippen molar-refractivity contribution in [2.75, 3.05) is 19.0 Å². The second-order valence-corrected chi connectivity index (χ2v) is 6.22. The van der Waals surface area contributed by atoms with Crippen LogP contribution < -0.4 is 5.32 Å². The molecule has 2 aromatic heterocycles. The molecule has 0 radical (unpaired) electrons. The lowest BCUT2D eigenvalue weighted by atomic mass is 10.0. The van der Waals surface area contributed by atoms with Gasteiger partial charge in [-0.3, -0.25) is 4.79 Å². The van der Waals surface area contributed by atoms with Crippen LogP contribution in [0.15, 0.2) is 47.1 Å². The molecule has 7 heteroatoms. The first kappa shape index (κ1) is 17.9. The number of carbonyl (C=O) groups is 1. The van der Waals surface area contributed by atoms with Gasteiger partial charge in [0.25, 0.3) is 5.91 Å². The second kappa shape index (κ2) is 7.97. The normalized spacial score (nSPS) is 11.1. The minimum absolute atomic E-state index is 0.0846. The zero-order chi connectivity index (χ0) is 18.5. The number of methoxy groups -OCH3 is 1. The Bertz CT molecular complexity index is 852. The Morgan fingerprint density at radius 1 is 1.27 bits per heavy atom. The number of carbonyl (C=O) groups excluding carboxylic acids is 1. The average molecular weight is 354 g/mol. The number of furan rings is 1. The SMILES string of the molecule is COCC(=O)n1nc(-c2ccco2)nc1NCc1ccc(C(C)C)cc1. The predicted molar refractivity (Wildman–Crippen MR) is 98.1 cm³/mol. The summed E-state index contributed by atoms with van der Waals surface area (Å²) in [5, 5.41) is 7.41. The van der Waals surface area contributed by atoms with Crippen LogP contribution in [0, 0.1) is 0 Å². The first-order valence-corrected chi connectivity index (χ1v) is 8.44. The summed E-state index contributed by atoms with van der Waals surface area (Å²) in [6.07, 6.45) is 1.54. The number of anilines is 1. The van der Waals surface area contributed by atoms with Gasteiger partial charge in [0.05, 0.1) is 6.26 Å². The van der Waals surface area contributed by atoms with Crippen molar-refractivity contribution in [1.29, 1.82) is 0 Å². The van der Waals surface area contributed by atoms with Crippen LogP contribution in [0.5, 0.6) is 0 Å².